The molecular formula is C17H22N2O3S. The fourth-order valence-electron chi connectivity index (χ4n) is 2.65. The van der Waals surface area contributed by atoms with Gasteiger partial charge in [-0.05, 0) is 37.8 Å². The molecule has 0 saturated carbocycles. The molecule has 0 unspecified atom stereocenters. The molecule has 0 atom stereocenters. The fourth-order valence-corrected chi connectivity index (χ4v) is 3.57. The minimum Gasteiger partial charge on any atom is -0.459 e. The molecule has 23 heavy (non-hydrogen) atoms. The number of amides is 1. The van der Waals surface area contributed by atoms with Crippen molar-refractivity contribution in [1.82, 2.24) is 9.88 Å². The highest BCUT2D eigenvalue weighted by molar-refractivity contribution is 7.99. The zero-order valence-corrected chi connectivity index (χ0v) is 14.4. The lowest BCUT2D eigenvalue weighted by Crippen LogP contribution is -2.38. The van der Waals surface area contributed by atoms with E-state index in [1.165, 1.54) is 0 Å². The predicted octanol–water partition coefficient (Wildman–Crippen LogP) is 3.73. The molecule has 1 aliphatic rings. The van der Waals surface area contributed by atoms with Crippen molar-refractivity contribution >= 4 is 17.7 Å². The standard InChI is InChI=1S/C17H22N2O3S/c1-12-5-7-19(8-6-12)16(20)11-23-10-14-13(2)22-17(18-14)15-4-3-9-21-15/h3-4,9,12H,5-8,10-11H2,1-2H3. The van der Waals surface area contributed by atoms with E-state index in [-0.39, 0.29) is 5.91 Å². The Labute approximate surface area is 140 Å². The molecule has 1 amide bonds. The van der Waals surface area contributed by atoms with Crippen LogP contribution in [0.25, 0.3) is 11.7 Å². The lowest BCUT2D eigenvalue weighted by molar-refractivity contribution is -0.129. The van der Waals surface area contributed by atoms with Crippen LogP contribution in [0, 0.1) is 12.8 Å². The Morgan fingerprint density at radius 1 is 1.43 bits per heavy atom. The quantitative estimate of drug-likeness (QED) is 0.834. The third kappa shape index (κ3) is 3.99. The highest BCUT2D eigenvalue weighted by Gasteiger charge is 2.20. The Morgan fingerprint density at radius 2 is 2.22 bits per heavy atom. The molecule has 2 aromatic rings. The van der Waals surface area contributed by atoms with Gasteiger partial charge in [0.2, 0.25) is 5.91 Å². The van der Waals surface area contributed by atoms with Crippen molar-refractivity contribution in [3.63, 3.8) is 0 Å². The molecule has 1 aliphatic heterocycles. The first-order chi connectivity index (χ1) is 11.1. The van der Waals surface area contributed by atoms with Crippen molar-refractivity contribution in [2.45, 2.75) is 32.4 Å². The smallest absolute Gasteiger partial charge is 0.263 e. The van der Waals surface area contributed by atoms with Crippen molar-refractivity contribution in [1.29, 1.82) is 0 Å². The molecule has 6 heteroatoms. The number of likely N-dealkylation sites (tertiary alicyclic amines) is 1. The van der Waals surface area contributed by atoms with E-state index in [1.54, 1.807) is 24.1 Å². The molecule has 3 heterocycles. The van der Waals surface area contributed by atoms with Gasteiger partial charge in [-0.15, -0.1) is 11.8 Å². The molecule has 5 nitrogen and oxygen atoms in total. The largest absolute Gasteiger partial charge is 0.459 e. The van der Waals surface area contributed by atoms with Crippen LogP contribution in [0.5, 0.6) is 0 Å². The minimum absolute atomic E-state index is 0.231. The molecule has 0 aliphatic carbocycles. The molecule has 0 radical (unpaired) electrons. The van der Waals surface area contributed by atoms with E-state index in [4.69, 9.17) is 8.83 Å². The number of nitrogens with zero attached hydrogens (tertiary/aromatic N) is 2. The van der Waals surface area contributed by atoms with Gasteiger partial charge in [0.1, 0.15) is 5.76 Å². The first-order valence-electron chi connectivity index (χ1n) is 7.99. The van der Waals surface area contributed by atoms with Crippen LogP contribution in [0.3, 0.4) is 0 Å². The average Bonchev–Trinajstić information content (AvgIpc) is 3.18. The number of thioether (sulfide) groups is 1. The number of rotatable bonds is 5. The van der Waals surface area contributed by atoms with Crippen LogP contribution in [-0.4, -0.2) is 34.6 Å². The van der Waals surface area contributed by atoms with Crippen LogP contribution in [0.4, 0.5) is 0 Å². The molecule has 0 aromatic carbocycles. The molecule has 1 fully saturated rings. The number of hydrogen-bond acceptors (Lipinski definition) is 5. The van der Waals surface area contributed by atoms with Crippen molar-refractivity contribution < 1.29 is 13.6 Å². The summed E-state index contributed by atoms with van der Waals surface area (Å²) in [6.07, 6.45) is 3.83. The van der Waals surface area contributed by atoms with Gasteiger partial charge < -0.3 is 13.7 Å². The maximum Gasteiger partial charge on any atom is 0.263 e. The first kappa shape index (κ1) is 16.2. The summed E-state index contributed by atoms with van der Waals surface area (Å²) in [6, 6.07) is 3.63. The van der Waals surface area contributed by atoms with E-state index in [0.29, 0.717) is 23.2 Å². The summed E-state index contributed by atoms with van der Waals surface area (Å²) in [5.74, 6) is 4.05. The van der Waals surface area contributed by atoms with Crippen LogP contribution >= 0.6 is 11.8 Å². The maximum absolute atomic E-state index is 12.2. The summed E-state index contributed by atoms with van der Waals surface area (Å²) < 4.78 is 10.9. The van der Waals surface area contributed by atoms with Gasteiger partial charge in [-0.25, -0.2) is 4.98 Å². The normalized spacial score (nSPS) is 16.0. The second-order valence-electron chi connectivity index (χ2n) is 6.06. The Balaban J connectivity index is 1.50. The van der Waals surface area contributed by atoms with Crippen LogP contribution in [0.15, 0.2) is 27.2 Å². The molecule has 0 bridgehead atoms. The first-order valence-corrected chi connectivity index (χ1v) is 9.14. The van der Waals surface area contributed by atoms with Crippen LogP contribution in [-0.2, 0) is 10.5 Å². The Kier molecular flexibility index (Phi) is 5.10. The van der Waals surface area contributed by atoms with Gasteiger partial charge in [0.05, 0.1) is 17.7 Å². The zero-order valence-electron chi connectivity index (χ0n) is 13.6. The van der Waals surface area contributed by atoms with Crippen molar-refractivity contribution in [3.05, 3.63) is 29.9 Å². The van der Waals surface area contributed by atoms with Gasteiger partial charge in [-0.3, -0.25) is 4.79 Å². The predicted molar refractivity (Wildman–Crippen MR) is 90.1 cm³/mol. The summed E-state index contributed by atoms with van der Waals surface area (Å²) in [6.45, 7) is 5.93. The van der Waals surface area contributed by atoms with Gasteiger partial charge in [0.25, 0.3) is 5.89 Å². The van der Waals surface area contributed by atoms with Gasteiger partial charge in [-0.1, -0.05) is 6.92 Å². The summed E-state index contributed by atoms with van der Waals surface area (Å²) >= 11 is 1.59. The number of aryl methyl sites for hydroxylation is 1. The second kappa shape index (κ2) is 7.25. The van der Waals surface area contributed by atoms with Crippen molar-refractivity contribution in [2.24, 2.45) is 5.92 Å². The third-order valence-electron chi connectivity index (χ3n) is 4.23. The van der Waals surface area contributed by atoms with Gasteiger partial charge >= 0.3 is 0 Å². The number of hydrogen-bond donors (Lipinski definition) is 0. The average molecular weight is 334 g/mol. The molecule has 2 aromatic heterocycles. The van der Waals surface area contributed by atoms with Gasteiger partial charge in [-0.2, -0.15) is 0 Å². The molecule has 1 saturated heterocycles. The zero-order chi connectivity index (χ0) is 16.2. The van der Waals surface area contributed by atoms with Crippen LogP contribution in [0.2, 0.25) is 0 Å². The highest BCUT2D eigenvalue weighted by Crippen LogP contribution is 2.25. The van der Waals surface area contributed by atoms with E-state index < -0.39 is 0 Å². The SMILES string of the molecule is Cc1oc(-c2ccco2)nc1CSCC(=O)N1CCC(C)CC1. The van der Waals surface area contributed by atoms with Crippen molar-refractivity contribution in [3.8, 4) is 11.7 Å². The Bertz CT molecular complexity index is 643. The monoisotopic (exact) mass is 334 g/mol. The summed E-state index contributed by atoms with van der Waals surface area (Å²) in [4.78, 5) is 18.7. The molecule has 0 spiro atoms. The van der Waals surface area contributed by atoms with Crippen molar-refractivity contribution in [2.75, 3.05) is 18.8 Å². The second-order valence-corrected chi connectivity index (χ2v) is 7.04. The lowest BCUT2D eigenvalue weighted by Gasteiger charge is -2.30. The van der Waals surface area contributed by atoms with Gasteiger partial charge in [0.15, 0.2) is 5.76 Å². The van der Waals surface area contributed by atoms with E-state index in [9.17, 15) is 4.79 Å². The number of aromatic nitrogens is 1. The number of carbonyl (C=O) groups excluding carboxylic acids is 1. The summed E-state index contributed by atoms with van der Waals surface area (Å²) in [5.41, 5.74) is 0.876. The van der Waals surface area contributed by atoms with Crippen LogP contribution < -0.4 is 0 Å². The molecular weight excluding hydrogens is 312 g/mol. The minimum atomic E-state index is 0.231. The lowest BCUT2D eigenvalue weighted by atomic mass is 9.99. The number of oxazole rings is 1. The number of carbonyl (C=O) groups is 1. The van der Waals surface area contributed by atoms with E-state index in [0.717, 1.165) is 43.3 Å². The highest BCUT2D eigenvalue weighted by atomic mass is 32.2. The molecule has 124 valence electrons. The van der Waals surface area contributed by atoms with Crippen LogP contribution in [0.1, 0.15) is 31.2 Å². The Morgan fingerprint density at radius 3 is 2.91 bits per heavy atom. The Hall–Kier alpha value is -1.69. The van der Waals surface area contributed by atoms with Gasteiger partial charge in [0, 0.05) is 18.8 Å². The third-order valence-corrected chi connectivity index (χ3v) is 5.15. The number of piperidine rings is 1. The molecule has 0 N–H and O–H groups in total. The molecule has 3 rings (SSSR count). The van der Waals surface area contributed by atoms with E-state index in [1.807, 2.05) is 17.9 Å². The van der Waals surface area contributed by atoms with E-state index >= 15 is 0 Å². The summed E-state index contributed by atoms with van der Waals surface area (Å²) in [7, 11) is 0. The number of furan rings is 1. The maximum atomic E-state index is 12.2. The van der Waals surface area contributed by atoms with E-state index in [2.05, 4.69) is 11.9 Å². The summed E-state index contributed by atoms with van der Waals surface area (Å²) in [5, 5.41) is 0. The topological polar surface area (TPSA) is 59.5 Å². The fraction of sp³-hybridized carbons (Fsp3) is 0.529.